The number of anilines is 1. The lowest BCUT2D eigenvalue weighted by Crippen LogP contribution is -2.45. The van der Waals surface area contributed by atoms with Crippen molar-refractivity contribution in [3.8, 4) is 0 Å². The Labute approximate surface area is 204 Å². The molecule has 2 aliphatic heterocycles. The molecule has 5 rings (SSSR count). The number of amides is 1. The Balaban J connectivity index is 1.62. The van der Waals surface area contributed by atoms with Crippen LogP contribution in [0.15, 0.2) is 34.0 Å². The van der Waals surface area contributed by atoms with Crippen LogP contribution in [-0.4, -0.2) is 63.9 Å². The lowest BCUT2D eigenvalue weighted by Gasteiger charge is -2.35. The van der Waals surface area contributed by atoms with Crippen molar-refractivity contribution in [2.75, 3.05) is 38.1 Å². The molecule has 0 unspecified atom stereocenters. The molecule has 1 saturated carbocycles. The molecule has 3 aliphatic rings. The molecule has 33 heavy (non-hydrogen) atoms. The van der Waals surface area contributed by atoms with Crippen LogP contribution in [0, 0.1) is 0 Å². The number of carbonyl (C=O) groups excluding carboxylic acids is 1. The monoisotopic (exact) mass is 482 g/mol. The van der Waals surface area contributed by atoms with Gasteiger partial charge in [-0.05, 0) is 32.0 Å². The summed E-state index contributed by atoms with van der Waals surface area (Å²) in [6, 6.07) is 8.23. The van der Waals surface area contributed by atoms with Crippen molar-refractivity contribution in [1.82, 2.24) is 14.4 Å². The predicted octanol–water partition coefficient (Wildman–Crippen LogP) is 3.82. The summed E-state index contributed by atoms with van der Waals surface area (Å²) < 4.78 is 2.32. The van der Waals surface area contributed by atoms with Crippen molar-refractivity contribution in [2.24, 2.45) is 7.05 Å². The van der Waals surface area contributed by atoms with Gasteiger partial charge in [0.2, 0.25) is 0 Å². The van der Waals surface area contributed by atoms with Gasteiger partial charge in [0.1, 0.15) is 4.32 Å². The third-order valence-electron chi connectivity index (χ3n) is 7.17. The first kappa shape index (κ1) is 22.6. The van der Waals surface area contributed by atoms with E-state index in [1.54, 1.807) is 4.57 Å². The smallest absolute Gasteiger partial charge is 0.266 e. The van der Waals surface area contributed by atoms with Crippen molar-refractivity contribution < 1.29 is 4.79 Å². The average Bonchev–Trinajstić information content (AvgIpc) is 3.11. The Morgan fingerprint density at radius 2 is 1.70 bits per heavy atom. The number of piperazine rings is 1. The first-order valence-electron chi connectivity index (χ1n) is 11.8. The van der Waals surface area contributed by atoms with E-state index in [1.807, 2.05) is 36.2 Å². The zero-order valence-corrected chi connectivity index (χ0v) is 20.9. The zero-order chi connectivity index (χ0) is 23.1. The number of fused-ring (bicyclic) bond motifs is 1. The molecule has 0 N–H and O–H groups in total. The highest BCUT2D eigenvalue weighted by atomic mass is 32.2. The largest absolute Gasteiger partial charge is 0.368 e. The quantitative estimate of drug-likeness (QED) is 0.490. The van der Waals surface area contributed by atoms with E-state index in [-0.39, 0.29) is 17.5 Å². The molecule has 2 aromatic rings. The molecule has 6 nitrogen and oxygen atoms in total. The Kier molecular flexibility index (Phi) is 6.33. The fourth-order valence-corrected chi connectivity index (χ4v) is 6.65. The molecular formula is C25H30N4O2S2. The van der Waals surface area contributed by atoms with Crippen molar-refractivity contribution in [2.45, 2.75) is 38.1 Å². The minimum absolute atomic E-state index is 0.0450. The van der Waals surface area contributed by atoms with E-state index in [4.69, 9.17) is 12.2 Å². The second-order valence-corrected chi connectivity index (χ2v) is 11.0. The van der Waals surface area contributed by atoms with Gasteiger partial charge in [0.05, 0.1) is 21.7 Å². The molecule has 0 radical (unpaired) electrons. The SMILES string of the molecule is CN1CCN(c2c(C=C3SC(=S)N(C4CCCCC4)C3=O)c(=O)n(C)c3ccccc23)CC1. The average molecular weight is 483 g/mol. The highest BCUT2D eigenvalue weighted by molar-refractivity contribution is 8.26. The van der Waals surface area contributed by atoms with E-state index in [9.17, 15) is 9.59 Å². The maximum Gasteiger partial charge on any atom is 0.266 e. The topological polar surface area (TPSA) is 48.8 Å². The molecule has 1 amide bonds. The lowest BCUT2D eigenvalue weighted by atomic mass is 9.94. The third kappa shape index (κ3) is 4.13. The fraction of sp³-hybridized carbons (Fsp3) is 0.480. The number of rotatable bonds is 3. The molecule has 0 bridgehead atoms. The number of pyridine rings is 1. The summed E-state index contributed by atoms with van der Waals surface area (Å²) in [7, 11) is 3.93. The molecule has 8 heteroatoms. The fourth-order valence-electron chi connectivity index (χ4n) is 5.27. The Morgan fingerprint density at radius 1 is 1.00 bits per heavy atom. The summed E-state index contributed by atoms with van der Waals surface area (Å²) in [6.45, 7) is 3.56. The normalized spacial score (nSPS) is 22.2. The highest BCUT2D eigenvalue weighted by Crippen LogP contribution is 2.39. The molecule has 0 spiro atoms. The van der Waals surface area contributed by atoms with Crippen molar-refractivity contribution in [3.63, 3.8) is 0 Å². The first-order valence-corrected chi connectivity index (χ1v) is 13.0. The Hall–Kier alpha value is -2.16. The van der Waals surface area contributed by atoms with Gasteiger partial charge in [-0.1, -0.05) is 61.4 Å². The number of nitrogens with zero attached hydrogens (tertiary/aromatic N) is 4. The molecule has 1 aromatic heterocycles. The predicted molar refractivity (Wildman–Crippen MR) is 141 cm³/mol. The third-order valence-corrected chi connectivity index (χ3v) is 8.50. The van der Waals surface area contributed by atoms with Crippen molar-refractivity contribution >= 4 is 56.9 Å². The van der Waals surface area contributed by atoms with E-state index in [1.165, 1.54) is 18.2 Å². The standard InChI is InChI=1S/C25H30N4O2S2/c1-26-12-14-28(15-13-26)22-18-10-6-7-11-20(18)27(2)23(30)19(22)16-21-24(31)29(25(32)33-21)17-8-4-3-5-9-17/h6-7,10-11,16-17H,3-5,8-9,12-15H2,1-2H3. The zero-order valence-electron chi connectivity index (χ0n) is 19.2. The molecule has 2 saturated heterocycles. The van der Waals surface area contributed by atoms with E-state index in [2.05, 4.69) is 22.9 Å². The van der Waals surface area contributed by atoms with E-state index >= 15 is 0 Å². The van der Waals surface area contributed by atoms with Gasteiger partial charge < -0.3 is 14.4 Å². The second kappa shape index (κ2) is 9.24. The minimum atomic E-state index is -0.0782. The van der Waals surface area contributed by atoms with E-state index in [0.717, 1.165) is 68.5 Å². The number of hydrogen-bond acceptors (Lipinski definition) is 6. The van der Waals surface area contributed by atoms with Gasteiger partial charge >= 0.3 is 0 Å². The van der Waals surface area contributed by atoms with Crippen LogP contribution in [-0.2, 0) is 11.8 Å². The molecular weight excluding hydrogens is 452 g/mol. The number of para-hydroxylation sites is 1. The van der Waals surface area contributed by atoms with Crippen LogP contribution < -0.4 is 10.5 Å². The summed E-state index contributed by atoms with van der Waals surface area (Å²) in [5.74, 6) is -0.0450. The van der Waals surface area contributed by atoms with Crippen LogP contribution in [0.25, 0.3) is 17.0 Å². The maximum atomic E-state index is 13.6. The summed E-state index contributed by atoms with van der Waals surface area (Å²) in [4.78, 5) is 34.0. The van der Waals surface area contributed by atoms with Gasteiger partial charge in [-0.15, -0.1) is 0 Å². The van der Waals surface area contributed by atoms with E-state index < -0.39 is 0 Å². The van der Waals surface area contributed by atoms with Gasteiger partial charge in [0, 0.05) is 44.7 Å². The number of aromatic nitrogens is 1. The Morgan fingerprint density at radius 3 is 2.42 bits per heavy atom. The van der Waals surface area contributed by atoms with Gasteiger partial charge in [-0.2, -0.15) is 0 Å². The summed E-state index contributed by atoms with van der Waals surface area (Å²) in [6.07, 6.45) is 7.32. The molecule has 0 atom stereocenters. The molecule has 3 heterocycles. The van der Waals surface area contributed by atoms with Gasteiger partial charge in [0.15, 0.2) is 0 Å². The number of thiocarbonyl (C=S) groups is 1. The van der Waals surface area contributed by atoms with Crippen LogP contribution in [0.4, 0.5) is 5.69 Å². The number of thioether (sulfide) groups is 1. The summed E-state index contributed by atoms with van der Waals surface area (Å²) in [5.41, 5.74) is 2.35. The van der Waals surface area contributed by atoms with Crippen LogP contribution in [0.2, 0.25) is 0 Å². The van der Waals surface area contributed by atoms with Crippen LogP contribution in [0.5, 0.6) is 0 Å². The molecule has 3 fully saturated rings. The number of aryl methyl sites for hydroxylation is 1. The molecule has 1 aliphatic carbocycles. The highest BCUT2D eigenvalue weighted by Gasteiger charge is 2.38. The summed E-state index contributed by atoms with van der Waals surface area (Å²) in [5, 5.41) is 1.04. The second-order valence-electron chi connectivity index (χ2n) is 9.28. The number of carbonyl (C=O) groups is 1. The minimum Gasteiger partial charge on any atom is -0.368 e. The molecule has 174 valence electrons. The van der Waals surface area contributed by atoms with Gasteiger partial charge in [0.25, 0.3) is 11.5 Å². The lowest BCUT2D eigenvalue weighted by molar-refractivity contribution is -0.124. The Bertz CT molecular complexity index is 1190. The van der Waals surface area contributed by atoms with Crippen molar-refractivity contribution in [3.05, 3.63) is 45.1 Å². The van der Waals surface area contributed by atoms with Crippen LogP contribution in [0.3, 0.4) is 0 Å². The van der Waals surface area contributed by atoms with Crippen molar-refractivity contribution in [1.29, 1.82) is 0 Å². The molecule has 1 aromatic carbocycles. The van der Waals surface area contributed by atoms with E-state index in [0.29, 0.717) is 14.8 Å². The van der Waals surface area contributed by atoms with Crippen LogP contribution >= 0.6 is 24.0 Å². The van der Waals surface area contributed by atoms with Gasteiger partial charge in [-0.25, -0.2) is 0 Å². The summed E-state index contributed by atoms with van der Waals surface area (Å²) >= 11 is 6.97. The number of hydrogen-bond donors (Lipinski definition) is 0. The number of benzene rings is 1. The first-order chi connectivity index (χ1) is 16.0. The van der Waals surface area contributed by atoms with Gasteiger partial charge in [-0.3, -0.25) is 14.5 Å². The maximum absolute atomic E-state index is 13.6. The number of likely N-dealkylation sites (N-methyl/N-ethyl adjacent to an activating group) is 1. The van der Waals surface area contributed by atoms with Crippen LogP contribution in [0.1, 0.15) is 37.7 Å².